The van der Waals surface area contributed by atoms with Crippen molar-refractivity contribution in [3.05, 3.63) is 23.7 Å². The molecular weight excluding hydrogens is 451 g/mol. The molecule has 9 heteroatoms. The number of hydrogen-bond acceptors (Lipinski definition) is 5. The highest BCUT2D eigenvalue weighted by atomic mass is 127. The molecule has 4 N–H and O–H groups in total. The third-order valence-electron chi connectivity index (χ3n) is 3.19. The topological polar surface area (TPSA) is 111 Å². The second kappa shape index (κ2) is 15.9. The summed E-state index contributed by atoms with van der Waals surface area (Å²) < 4.78 is 16.2. The van der Waals surface area contributed by atoms with Crippen molar-refractivity contribution < 1.29 is 18.7 Å². The molecule has 0 aliphatic rings. The molecule has 0 unspecified atom stereocenters. The Morgan fingerprint density at radius 2 is 1.88 bits per heavy atom. The number of ether oxygens (including phenoxy) is 2. The SMILES string of the molecule is CCCCOCCOCCNC(=NCc1ccc(C(N)=O)o1)NCC.I. The molecule has 0 radical (unpaired) electrons. The minimum absolute atomic E-state index is 0. The van der Waals surface area contributed by atoms with Crippen LogP contribution in [0.2, 0.25) is 0 Å². The molecule has 0 aliphatic carbocycles. The summed E-state index contributed by atoms with van der Waals surface area (Å²) in [5.41, 5.74) is 5.15. The molecule has 150 valence electrons. The zero-order valence-electron chi connectivity index (χ0n) is 15.6. The fraction of sp³-hybridized carbons (Fsp3) is 0.647. The standard InChI is InChI=1S/C17H30N4O4.HI/c1-3-5-9-23-11-12-24-10-8-20-17(19-4-2)21-13-14-6-7-15(25-14)16(18)22;/h6-7H,3-5,8-13H2,1-2H3,(H2,18,22)(H2,19,20,21);1H. The quantitative estimate of drug-likeness (QED) is 0.171. The minimum atomic E-state index is -0.587. The smallest absolute Gasteiger partial charge is 0.284 e. The van der Waals surface area contributed by atoms with Crippen LogP contribution in [0, 0.1) is 0 Å². The summed E-state index contributed by atoms with van der Waals surface area (Å²) in [5, 5.41) is 6.30. The molecule has 0 aliphatic heterocycles. The summed E-state index contributed by atoms with van der Waals surface area (Å²) in [6.45, 7) is 8.36. The minimum Gasteiger partial charge on any atom is -0.454 e. The van der Waals surface area contributed by atoms with E-state index in [0.29, 0.717) is 44.6 Å². The Morgan fingerprint density at radius 3 is 2.50 bits per heavy atom. The average Bonchev–Trinajstić information content (AvgIpc) is 3.07. The van der Waals surface area contributed by atoms with Crippen LogP contribution < -0.4 is 16.4 Å². The fourth-order valence-corrected chi connectivity index (χ4v) is 1.90. The van der Waals surface area contributed by atoms with E-state index in [4.69, 9.17) is 19.6 Å². The number of aliphatic imine (C=N–C) groups is 1. The van der Waals surface area contributed by atoms with Gasteiger partial charge in [0, 0.05) is 19.7 Å². The maximum absolute atomic E-state index is 11.0. The molecule has 1 aromatic heterocycles. The molecule has 0 fully saturated rings. The van der Waals surface area contributed by atoms with Gasteiger partial charge in [-0.15, -0.1) is 24.0 Å². The van der Waals surface area contributed by atoms with Crippen LogP contribution in [0.15, 0.2) is 21.5 Å². The number of rotatable bonds is 13. The van der Waals surface area contributed by atoms with Gasteiger partial charge in [-0.05, 0) is 25.5 Å². The number of furan rings is 1. The molecule has 1 amide bonds. The molecule has 0 bridgehead atoms. The first-order chi connectivity index (χ1) is 12.2. The van der Waals surface area contributed by atoms with Crippen molar-refractivity contribution in [2.45, 2.75) is 33.2 Å². The summed E-state index contributed by atoms with van der Waals surface area (Å²) in [7, 11) is 0. The number of nitrogens with two attached hydrogens (primary N) is 1. The lowest BCUT2D eigenvalue weighted by atomic mass is 10.4. The van der Waals surface area contributed by atoms with E-state index in [2.05, 4.69) is 22.5 Å². The molecule has 0 aromatic carbocycles. The third-order valence-corrected chi connectivity index (χ3v) is 3.19. The van der Waals surface area contributed by atoms with Crippen LogP contribution in [0.25, 0.3) is 0 Å². The van der Waals surface area contributed by atoms with Gasteiger partial charge in [-0.25, -0.2) is 4.99 Å². The summed E-state index contributed by atoms with van der Waals surface area (Å²) in [6.07, 6.45) is 2.22. The molecular formula is C17H31IN4O4. The van der Waals surface area contributed by atoms with E-state index in [9.17, 15) is 4.79 Å². The monoisotopic (exact) mass is 482 g/mol. The lowest BCUT2D eigenvalue weighted by molar-refractivity contribution is 0.0487. The number of primary amides is 1. The van der Waals surface area contributed by atoms with Crippen molar-refractivity contribution in [2.75, 3.05) is 39.5 Å². The Hall–Kier alpha value is -1.33. The van der Waals surface area contributed by atoms with Crippen LogP contribution in [0.5, 0.6) is 0 Å². The van der Waals surface area contributed by atoms with Crippen molar-refractivity contribution in [2.24, 2.45) is 10.7 Å². The second-order valence-corrected chi connectivity index (χ2v) is 5.33. The van der Waals surface area contributed by atoms with Gasteiger partial charge in [0.15, 0.2) is 11.7 Å². The van der Waals surface area contributed by atoms with Crippen molar-refractivity contribution in [3.8, 4) is 0 Å². The molecule has 0 atom stereocenters. The van der Waals surface area contributed by atoms with Crippen molar-refractivity contribution in [3.63, 3.8) is 0 Å². The summed E-state index contributed by atoms with van der Waals surface area (Å²) >= 11 is 0. The van der Waals surface area contributed by atoms with E-state index >= 15 is 0 Å². The van der Waals surface area contributed by atoms with Crippen molar-refractivity contribution in [1.82, 2.24) is 10.6 Å². The lowest BCUT2D eigenvalue weighted by Crippen LogP contribution is -2.39. The number of carbonyl (C=O) groups is 1. The zero-order valence-corrected chi connectivity index (χ0v) is 17.9. The molecule has 0 spiro atoms. The summed E-state index contributed by atoms with van der Waals surface area (Å²) in [5.74, 6) is 0.780. The fourth-order valence-electron chi connectivity index (χ4n) is 1.90. The normalized spacial score (nSPS) is 11.1. The highest BCUT2D eigenvalue weighted by molar-refractivity contribution is 14.0. The van der Waals surface area contributed by atoms with E-state index in [1.807, 2.05) is 6.92 Å². The Kier molecular flexibility index (Phi) is 15.1. The Balaban J connectivity index is 0.00000625. The molecule has 1 heterocycles. The van der Waals surface area contributed by atoms with Crippen LogP contribution in [0.4, 0.5) is 0 Å². The largest absolute Gasteiger partial charge is 0.454 e. The van der Waals surface area contributed by atoms with Gasteiger partial charge in [-0.2, -0.15) is 0 Å². The predicted molar refractivity (Wildman–Crippen MR) is 112 cm³/mol. The first kappa shape index (κ1) is 24.7. The van der Waals surface area contributed by atoms with Gasteiger partial charge in [-0.1, -0.05) is 13.3 Å². The zero-order chi connectivity index (χ0) is 18.3. The number of carbonyl (C=O) groups excluding carboxylic acids is 1. The number of hydrogen-bond donors (Lipinski definition) is 3. The number of nitrogens with one attached hydrogen (secondary N) is 2. The molecule has 1 aromatic rings. The van der Waals surface area contributed by atoms with Gasteiger partial charge in [0.25, 0.3) is 5.91 Å². The van der Waals surface area contributed by atoms with E-state index in [1.54, 1.807) is 12.1 Å². The van der Waals surface area contributed by atoms with Gasteiger partial charge in [-0.3, -0.25) is 4.79 Å². The van der Waals surface area contributed by atoms with E-state index < -0.39 is 5.91 Å². The first-order valence-corrected chi connectivity index (χ1v) is 8.73. The predicted octanol–water partition coefficient (Wildman–Crippen LogP) is 1.88. The maximum Gasteiger partial charge on any atom is 0.284 e. The van der Waals surface area contributed by atoms with Gasteiger partial charge < -0.3 is 30.3 Å². The second-order valence-electron chi connectivity index (χ2n) is 5.33. The summed E-state index contributed by atoms with van der Waals surface area (Å²) in [6, 6.07) is 3.23. The van der Waals surface area contributed by atoms with Crippen molar-refractivity contribution in [1.29, 1.82) is 0 Å². The van der Waals surface area contributed by atoms with Crippen LogP contribution in [-0.2, 0) is 16.0 Å². The van der Waals surface area contributed by atoms with Crippen LogP contribution >= 0.6 is 24.0 Å². The van der Waals surface area contributed by atoms with Gasteiger partial charge >= 0.3 is 0 Å². The highest BCUT2D eigenvalue weighted by Crippen LogP contribution is 2.08. The maximum atomic E-state index is 11.0. The number of guanidine groups is 1. The molecule has 0 saturated heterocycles. The van der Waals surface area contributed by atoms with E-state index in [0.717, 1.165) is 26.0 Å². The van der Waals surface area contributed by atoms with Gasteiger partial charge in [0.1, 0.15) is 12.3 Å². The Morgan fingerprint density at radius 1 is 1.15 bits per heavy atom. The number of amides is 1. The van der Waals surface area contributed by atoms with Gasteiger partial charge in [0.2, 0.25) is 0 Å². The average molecular weight is 482 g/mol. The van der Waals surface area contributed by atoms with Gasteiger partial charge in [0.05, 0.1) is 19.8 Å². The van der Waals surface area contributed by atoms with Crippen LogP contribution in [0.1, 0.15) is 43.0 Å². The molecule has 0 saturated carbocycles. The number of halogens is 1. The van der Waals surface area contributed by atoms with E-state index in [-0.39, 0.29) is 29.7 Å². The number of unbranched alkanes of at least 4 members (excludes halogenated alkanes) is 1. The molecule has 1 rings (SSSR count). The highest BCUT2D eigenvalue weighted by Gasteiger charge is 2.06. The third kappa shape index (κ3) is 11.3. The number of nitrogens with zero attached hydrogens (tertiary/aromatic N) is 1. The lowest BCUT2D eigenvalue weighted by Gasteiger charge is -2.11. The van der Waals surface area contributed by atoms with Crippen LogP contribution in [-0.4, -0.2) is 51.4 Å². The Labute approximate surface area is 172 Å². The summed E-state index contributed by atoms with van der Waals surface area (Å²) in [4.78, 5) is 15.4. The van der Waals surface area contributed by atoms with E-state index in [1.165, 1.54) is 0 Å². The van der Waals surface area contributed by atoms with Crippen molar-refractivity contribution >= 4 is 35.8 Å². The van der Waals surface area contributed by atoms with Crippen LogP contribution in [0.3, 0.4) is 0 Å². The first-order valence-electron chi connectivity index (χ1n) is 8.73. The molecule has 8 nitrogen and oxygen atoms in total. The Bertz CT molecular complexity index is 523. The molecule has 26 heavy (non-hydrogen) atoms.